The molecular formula is C8H16NaO+. The average molecular weight is 151 g/mol. The fraction of sp³-hybridized carbons (Fsp3) is 1.00. The predicted molar refractivity (Wildman–Crippen MR) is 38.2 cm³/mol. The SMILES string of the molecule is CC1CCC(C)C(O)C1.[Na+]. The summed E-state index contributed by atoms with van der Waals surface area (Å²) >= 11 is 0. The smallest absolute Gasteiger partial charge is 0.393 e. The van der Waals surface area contributed by atoms with Gasteiger partial charge in [0.15, 0.2) is 0 Å². The topological polar surface area (TPSA) is 20.2 Å². The van der Waals surface area contributed by atoms with Crippen molar-refractivity contribution in [3.8, 4) is 0 Å². The summed E-state index contributed by atoms with van der Waals surface area (Å²) in [5.41, 5.74) is 0. The van der Waals surface area contributed by atoms with Crippen LogP contribution in [0.3, 0.4) is 0 Å². The third kappa shape index (κ3) is 2.91. The molecule has 1 fully saturated rings. The Hall–Kier alpha value is 0.960. The largest absolute Gasteiger partial charge is 1.00 e. The number of aliphatic hydroxyl groups excluding tert-OH is 1. The minimum atomic E-state index is -0.0197. The van der Waals surface area contributed by atoms with Gasteiger partial charge in [0.2, 0.25) is 0 Å². The van der Waals surface area contributed by atoms with Gasteiger partial charge in [0.25, 0.3) is 0 Å². The van der Waals surface area contributed by atoms with Crippen molar-refractivity contribution in [2.75, 3.05) is 0 Å². The van der Waals surface area contributed by atoms with Gasteiger partial charge in [-0.15, -0.1) is 0 Å². The van der Waals surface area contributed by atoms with Crippen LogP contribution in [-0.2, 0) is 0 Å². The summed E-state index contributed by atoms with van der Waals surface area (Å²) in [6, 6.07) is 0. The Kier molecular flexibility index (Phi) is 5.22. The average Bonchev–Trinajstić information content (AvgIpc) is 1.80. The molecule has 0 heterocycles. The molecule has 0 radical (unpaired) electrons. The van der Waals surface area contributed by atoms with Gasteiger partial charge in [-0.1, -0.05) is 20.3 Å². The van der Waals surface area contributed by atoms with Crippen LogP contribution in [0.15, 0.2) is 0 Å². The van der Waals surface area contributed by atoms with Crippen molar-refractivity contribution in [1.82, 2.24) is 0 Å². The summed E-state index contributed by atoms with van der Waals surface area (Å²) in [7, 11) is 0. The van der Waals surface area contributed by atoms with E-state index in [0.717, 1.165) is 12.3 Å². The van der Waals surface area contributed by atoms with Crippen LogP contribution in [0.1, 0.15) is 33.1 Å². The van der Waals surface area contributed by atoms with Crippen molar-refractivity contribution in [1.29, 1.82) is 0 Å². The van der Waals surface area contributed by atoms with E-state index in [4.69, 9.17) is 0 Å². The van der Waals surface area contributed by atoms with E-state index < -0.39 is 0 Å². The Morgan fingerprint density at radius 1 is 1.20 bits per heavy atom. The van der Waals surface area contributed by atoms with Crippen LogP contribution in [0.25, 0.3) is 0 Å². The van der Waals surface area contributed by atoms with Gasteiger partial charge in [-0.05, 0) is 24.7 Å². The summed E-state index contributed by atoms with van der Waals surface area (Å²) in [4.78, 5) is 0. The van der Waals surface area contributed by atoms with E-state index in [-0.39, 0.29) is 35.7 Å². The third-order valence-electron chi connectivity index (χ3n) is 2.42. The maximum Gasteiger partial charge on any atom is 1.00 e. The van der Waals surface area contributed by atoms with E-state index in [1.54, 1.807) is 0 Å². The zero-order valence-electron chi connectivity index (χ0n) is 7.30. The standard InChI is InChI=1S/C8H16O.Na/c1-6-3-4-7(2)8(9)5-6;/h6-9H,3-5H2,1-2H3;/q;+1. The summed E-state index contributed by atoms with van der Waals surface area (Å²) in [6.07, 6.45) is 3.51. The normalized spacial score (nSPS) is 40.5. The Balaban J connectivity index is 0.000000810. The van der Waals surface area contributed by atoms with E-state index in [0.29, 0.717) is 5.92 Å². The molecule has 2 heteroatoms. The first-order valence-corrected chi connectivity index (χ1v) is 3.88. The van der Waals surface area contributed by atoms with E-state index in [1.165, 1.54) is 12.8 Å². The van der Waals surface area contributed by atoms with E-state index in [2.05, 4.69) is 13.8 Å². The van der Waals surface area contributed by atoms with Crippen molar-refractivity contribution in [3.05, 3.63) is 0 Å². The van der Waals surface area contributed by atoms with E-state index in [9.17, 15) is 5.11 Å². The van der Waals surface area contributed by atoms with Crippen molar-refractivity contribution >= 4 is 0 Å². The Morgan fingerprint density at radius 2 is 1.80 bits per heavy atom. The van der Waals surface area contributed by atoms with Gasteiger partial charge in [0.1, 0.15) is 0 Å². The third-order valence-corrected chi connectivity index (χ3v) is 2.42. The summed E-state index contributed by atoms with van der Waals surface area (Å²) in [5, 5.41) is 9.35. The fourth-order valence-corrected chi connectivity index (χ4v) is 1.50. The molecule has 3 unspecified atom stereocenters. The number of hydrogen-bond acceptors (Lipinski definition) is 1. The maximum atomic E-state index is 9.35. The van der Waals surface area contributed by atoms with Crippen molar-refractivity contribution < 1.29 is 34.7 Å². The summed E-state index contributed by atoms with van der Waals surface area (Å²) in [6.45, 7) is 4.35. The molecule has 0 amide bonds. The fourth-order valence-electron chi connectivity index (χ4n) is 1.50. The number of aliphatic hydroxyl groups is 1. The molecule has 1 aliphatic rings. The van der Waals surface area contributed by atoms with Crippen molar-refractivity contribution in [3.63, 3.8) is 0 Å². The molecule has 1 nitrogen and oxygen atoms in total. The molecule has 0 bridgehead atoms. The van der Waals surface area contributed by atoms with Gasteiger partial charge in [0.05, 0.1) is 6.10 Å². The van der Waals surface area contributed by atoms with Gasteiger partial charge in [-0.2, -0.15) is 0 Å². The molecular weight excluding hydrogens is 135 g/mol. The molecule has 10 heavy (non-hydrogen) atoms. The van der Waals surface area contributed by atoms with Crippen LogP contribution in [0.4, 0.5) is 0 Å². The van der Waals surface area contributed by atoms with Gasteiger partial charge in [-0.25, -0.2) is 0 Å². The first kappa shape index (κ1) is 11.0. The molecule has 1 rings (SSSR count). The molecule has 3 atom stereocenters. The monoisotopic (exact) mass is 151 g/mol. The Morgan fingerprint density at radius 3 is 2.20 bits per heavy atom. The van der Waals surface area contributed by atoms with E-state index >= 15 is 0 Å². The molecule has 0 aliphatic heterocycles. The van der Waals surface area contributed by atoms with Gasteiger partial charge in [-0.3, -0.25) is 0 Å². The van der Waals surface area contributed by atoms with Crippen LogP contribution in [0.5, 0.6) is 0 Å². The molecule has 1 saturated carbocycles. The Bertz CT molecular complexity index is 95.3. The molecule has 0 aromatic rings. The molecule has 54 valence electrons. The zero-order valence-corrected chi connectivity index (χ0v) is 9.30. The van der Waals surface area contributed by atoms with Crippen LogP contribution in [0.2, 0.25) is 0 Å². The number of hydrogen-bond donors (Lipinski definition) is 1. The van der Waals surface area contributed by atoms with Crippen molar-refractivity contribution in [2.24, 2.45) is 11.8 Å². The van der Waals surface area contributed by atoms with Crippen LogP contribution in [-0.4, -0.2) is 11.2 Å². The number of rotatable bonds is 0. The van der Waals surface area contributed by atoms with E-state index in [1.807, 2.05) is 0 Å². The van der Waals surface area contributed by atoms with Gasteiger partial charge in [0, 0.05) is 0 Å². The van der Waals surface area contributed by atoms with Crippen LogP contribution >= 0.6 is 0 Å². The molecule has 1 aliphatic carbocycles. The molecule has 0 spiro atoms. The second kappa shape index (κ2) is 4.76. The summed E-state index contributed by atoms with van der Waals surface area (Å²) < 4.78 is 0. The predicted octanol–water partition coefficient (Wildman–Crippen LogP) is -1.19. The second-order valence-corrected chi connectivity index (χ2v) is 3.46. The Labute approximate surface area is 85.5 Å². The van der Waals surface area contributed by atoms with Crippen LogP contribution < -0.4 is 29.6 Å². The first-order valence-electron chi connectivity index (χ1n) is 3.88. The van der Waals surface area contributed by atoms with Crippen molar-refractivity contribution in [2.45, 2.75) is 39.2 Å². The maximum absolute atomic E-state index is 9.35. The van der Waals surface area contributed by atoms with Crippen LogP contribution in [0, 0.1) is 11.8 Å². The quantitative estimate of drug-likeness (QED) is 0.431. The molecule has 0 saturated heterocycles. The zero-order chi connectivity index (χ0) is 6.85. The van der Waals surface area contributed by atoms with Gasteiger partial charge < -0.3 is 5.11 Å². The molecule has 0 aromatic carbocycles. The molecule has 0 aromatic heterocycles. The molecule has 1 N–H and O–H groups in total. The summed E-state index contributed by atoms with van der Waals surface area (Å²) in [5.74, 6) is 1.29. The van der Waals surface area contributed by atoms with Gasteiger partial charge >= 0.3 is 29.6 Å². The first-order chi connectivity index (χ1) is 4.20. The minimum absolute atomic E-state index is 0. The second-order valence-electron chi connectivity index (χ2n) is 3.46. The minimum Gasteiger partial charge on any atom is -0.393 e.